The Bertz CT molecular complexity index is 774. The number of thiophene rings is 1. The highest BCUT2D eigenvalue weighted by atomic mass is 32.1. The number of benzene rings is 1. The third kappa shape index (κ3) is 2.98. The van der Waals surface area contributed by atoms with Crippen molar-refractivity contribution in [1.82, 2.24) is 4.90 Å². The van der Waals surface area contributed by atoms with Crippen LogP contribution in [0.2, 0.25) is 0 Å². The lowest BCUT2D eigenvalue weighted by atomic mass is 9.86. The molecule has 1 unspecified atom stereocenters. The zero-order valence-corrected chi connectivity index (χ0v) is 14.6. The Morgan fingerprint density at radius 3 is 2.88 bits per heavy atom. The van der Waals surface area contributed by atoms with Crippen molar-refractivity contribution in [2.75, 3.05) is 24.5 Å². The fraction of sp³-hybridized carbons (Fsp3) is 0.421. The molecule has 0 bridgehead atoms. The maximum absolute atomic E-state index is 13.5. The Kier molecular flexibility index (Phi) is 3.93. The molecule has 4 rings (SSSR count). The predicted molar refractivity (Wildman–Crippen MR) is 94.8 cm³/mol. The van der Waals surface area contributed by atoms with Gasteiger partial charge in [0, 0.05) is 46.9 Å². The normalized spacial score (nSPS) is 24.4. The van der Waals surface area contributed by atoms with Gasteiger partial charge in [-0.3, -0.25) is 9.69 Å². The van der Waals surface area contributed by atoms with Gasteiger partial charge < -0.3 is 4.90 Å². The van der Waals surface area contributed by atoms with Gasteiger partial charge in [-0.05, 0) is 50.2 Å². The molecule has 0 aliphatic carbocycles. The molecule has 24 heavy (non-hydrogen) atoms. The summed E-state index contributed by atoms with van der Waals surface area (Å²) in [5.41, 5.74) is 0.708. The largest absolute Gasteiger partial charge is 0.312 e. The number of halogens is 1. The molecule has 0 radical (unpaired) electrons. The van der Waals surface area contributed by atoms with Gasteiger partial charge in [-0.25, -0.2) is 4.39 Å². The van der Waals surface area contributed by atoms with Crippen LogP contribution in [0.5, 0.6) is 0 Å². The topological polar surface area (TPSA) is 23.6 Å². The van der Waals surface area contributed by atoms with E-state index >= 15 is 0 Å². The number of aryl methyl sites for hydroxylation is 1. The van der Waals surface area contributed by atoms with E-state index in [0.29, 0.717) is 18.7 Å². The number of nitrogens with zero attached hydrogens (tertiary/aromatic N) is 2. The van der Waals surface area contributed by atoms with E-state index in [2.05, 4.69) is 24.0 Å². The molecule has 2 saturated heterocycles. The lowest BCUT2D eigenvalue weighted by Crippen LogP contribution is -2.31. The molecule has 1 aromatic carbocycles. The highest BCUT2D eigenvalue weighted by molar-refractivity contribution is 7.11. The Balaban J connectivity index is 1.46. The average molecular weight is 344 g/mol. The number of hydrogen-bond acceptors (Lipinski definition) is 3. The molecular weight excluding hydrogens is 323 g/mol. The minimum atomic E-state index is -0.289. The molecule has 5 heteroatoms. The second-order valence-electron chi connectivity index (χ2n) is 7.11. The number of amides is 1. The third-order valence-electron chi connectivity index (χ3n) is 5.13. The van der Waals surface area contributed by atoms with Crippen molar-refractivity contribution in [2.24, 2.45) is 5.41 Å². The third-order valence-corrected chi connectivity index (χ3v) is 6.12. The first-order chi connectivity index (χ1) is 11.5. The second-order valence-corrected chi connectivity index (χ2v) is 8.48. The monoisotopic (exact) mass is 344 g/mol. The van der Waals surface area contributed by atoms with Gasteiger partial charge in [0.15, 0.2) is 0 Å². The van der Waals surface area contributed by atoms with Gasteiger partial charge in [-0.2, -0.15) is 0 Å². The minimum Gasteiger partial charge on any atom is -0.312 e. The maximum atomic E-state index is 13.5. The summed E-state index contributed by atoms with van der Waals surface area (Å²) in [6, 6.07) is 10.7. The van der Waals surface area contributed by atoms with Gasteiger partial charge in [0.25, 0.3) is 0 Å². The van der Waals surface area contributed by atoms with Crippen LogP contribution in [-0.2, 0) is 11.3 Å². The van der Waals surface area contributed by atoms with Crippen molar-refractivity contribution in [2.45, 2.75) is 26.3 Å². The van der Waals surface area contributed by atoms with Crippen LogP contribution in [0.15, 0.2) is 36.4 Å². The van der Waals surface area contributed by atoms with Gasteiger partial charge >= 0.3 is 0 Å². The standard InChI is InChI=1S/C19H21FN2OS/c1-14-5-6-17(24-14)11-21-8-7-19(12-21)10-18(23)22(13-19)16-4-2-3-15(20)9-16/h2-6,9H,7-8,10-13H2,1H3. The summed E-state index contributed by atoms with van der Waals surface area (Å²) in [7, 11) is 0. The molecule has 126 valence electrons. The van der Waals surface area contributed by atoms with Crippen molar-refractivity contribution in [1.29, 1.82) is 0 Å². The number of likely N-dealkylation sites (tertiary alicyclic amines) is 1. The van der Waals surface area contributed by atoms with Crippen LogP contribution in [-0.4, -0.2) is 30.4 Å². The van der Waals surface area contributed by atoms with E-state index in [0.717, 1.165) is 26.1 Å². The molecule has 2 aliphatic heterocycles. The van der Waals surface area contributed by atoms with Crippen molar-refractivity contribution in [3.05, 3.63) is 52.0 Å². The summed E-state index contributed by atoms with van der Waals surface area (Å²) in [6.45, 7) is 5.78. The lowest BCUT2D eigenvalue weighted by Gasteiger charge is -2.24. The highest BCUT2D eigenvalue weighted by Crippen LogP contribution is 2.42. The van der Waals surface area contributed by atoms with Crippen LogP contribution in [0, 0.1) is 18.2 Å². The number of carbonyl (C=O) groups excluding carboxylic acids is 1. The molecule has 1 amide bonds. The molecule has 1 spiro atoms. The summed E-state index contributed by atoms with van der Waals surface area (Å²) in [5.74, 6) is -0.170. The van der Waals surface area contributed by atoms with Crippen LogP contribution in [0.1, 0.15) is 22.6 Å². The molecule has 0 saturated carbocycles. The Morgan fingerprint density at radius 1 is 1.25 bits per heavy atom. The molecule has 3 heterocycles. The SMILES string of the molecule is Cc1ccc(CN2CCC3(CC(=O)N(c4cccc(F)c4)C3)C2)s1. The summed E-state index contributed by atoms with van der Waals surface area (Å²) in [4.78, 5) is 19.4. The summed E-state index contributed by atoms with van der Waals surface area (Å²) < 4.78 is 13.5. The summed E-state index contributed by atoms with van der Waals surface area (Å²) in [5, 5.41) is 0. The Hall–Kier alpha value is -1.72. The second kappa shape index (κ2) is 5.97. The quantitative estimate of drug-likeness (QED) is 0.845. The van der Waals surface area contributed by atoms with Gasteiger partial charge in [0.05, 0.1) is 0 Å². The molecule has 2 aliphatic rings. The lowest BCUT2D eigenvalue weighted by molar-refractivity contribution is -0.117. The van der Waals surface area contributed by atoms with Gasteiger partial charge in [-0.1, -0.05) is 6.07 Å². The molecule has 1 atom stereocenters. The molecular formula is C19H21FN2OS. The fourth-order valence-electron chi connectivity index (χ4n) is 4.00. The first-order valence-corrected chi connectivity index (χ1v) is 9.18. The van der Waals surface area contributed by atoms with E-state index < -0.39 is 0 Å². The molecule has 0 N–H and O–H groups in total. The van der Waals surface area contributed by atoms with E-state index in [1.807, 2.05) is 17.4 Å². The molecule has 2 fully saturated rings. The zero-order valence-electron chi connectivity index (χ0n) is 13.8. The van der Waals surface area contributed by atoms with E-state index in [1.165, 1.54) is 21.9 Å². The van der Waals surface area contributed by atoms with Crippen LogP contribution in [0.25, 0.3) is 0 Å². The van der Waals surface area contributed by atoms with Crippen LogP contribution < -0.4 is 4.90 Å². The first kappa shape index (κ1) is 15.8. The average Bonchev–Trinajstić information content (AvgIpc) is 3.21. The minimum absolute atomic E-state index is 0.0235. The fourth-order valence-corrected chi connectivity index (χ4v) is 4.93. The molecule has 2 aromatic rings. The highest BCUT2D eigenvalue weighted by Gasteiger charge is 2.47. The van der Waals surface area contributed by atoms with E-state index in [4.69, 9.17) is 0 Å². The van der Waals surface area contributed by atoms with Crippen LogP contribution >= 0.6 is 11.3 Å². The smallest absolute Gasteiger partial charge is 0.227 e. The van der Waals surface area contributed by atoms with Gasteiger partial charge in [0.2, 0.25) is 5.91 Å². The van der Waals surface area contributed by atoms with Gasteiger partial charge in [0.1, 0.15) is 5.82 Å². The zero-order chi connectivity index (χ0) is 16.7. The number of hydrogen-bond donors (Lipinski definition) is 0. The Labute approximate surface area is 145 Å². The number of anilines is 1. The summed E-state index contributed by atoms with van der Waals surface area (Å²) in [6.07, 6.45) is 1.61. The predicted octanol–water partition coefficient (Wildman–Crippen LogP) is 3.82. The van der Waals surface area contributed by atoms with Crippen molar-refractivity contribution in [3.63, 3.8) is 0 Å². The first-order valence-electron chi connectivity index (χ1n) is 8.37. The Morgan fingerprint density at radius 2 is 2.12 bits per heavy atom. The van der Waals surface area contributed by atoms with E-state index in [-0.39, 0.29) is 17.1 Å². The van der Waals surface area contributed by atoms with Crippen LogP contribution in [0.4, 0.5) is 10.1 Å². The van der Waals surface area contributed by atoms with Crippen molar-refractivity contribution in [3.8, 4) is 0 Å². The maximum Gasteiger partial charge on any atom is 0.227 e. The number of carbonyl (C=O) groups is 1. The van der Waals surface area contributed by atoms with Crippen molar-refractivity contribution >= 4 is 22.9 Å². The molecule has 1 aromatic heterocycles. The number of rotatable bonds is 3. The van der Waals surface area contributed by atoms with Crippen LogP contribution in [0.3, 0.4) is 0 Å². The molecule has 3 nitrogen and oxygen atoms in total. The summed E-state index contributed by atoms with van der Waals surface area (Å²) >= 11 is 1.84. The van der Waals surface area contributed by atoms with Crippen molar-refractivity contribution < 1.29 is 9.18 Å². The van der Waals surface area contributed by atoms with E-state index in [9.17, 15) is 9.18 Å². The van der Waals surface area contributed by atoms with E-state index in [1.54, 1.807) is 11.0 Å². The van der Waals surface area contributed by atoms with Gasteiger partial charge in [-0.15, -0.1) is 11.3 Å².